The second-order valence-corrected chi connectivity index (χ2v) is 11.2. The molecule has 2 heterocycles. The van der Waals surface area contributed by atoms with E-state index in [1.165, 1.54) is 27.3 Å². The molecule has 0 N–H and O–H groups in total. The first-order valence-corrected chi connectivity index (χ1v) is 12.9. The summed E-state index contributed by atoms with van der Waals surface area (Å²) in [5.41, 5.74) is 4.74. The zero-order valence-electron chi connectivity index (χ0n) is 20.8. The first kappa shape index (κ1) is 27.9. The Labute approximate surface area is 223 Å². The van der Waals surface area contributed by atoms with Crippen LogP contribution in [0.15, 0.2) is 29.2 Å². The average molecular weight is 549 g/mol. The fourth-order valence-electron chi connectivity index (χ4n) is 4.61. The van der Waals surface area contributed by atoms with Gasteiger partial charge < -0.3 is 4.74 Å². The van der Waals surface area contributed by atoms with Crippen molar-refractivity contribution in [3.8, 4) is 5.88 Å². The first-order chi connectivity index (χ1) is 16.9. The van der Waals surface area contributed by atoms with Crippen molar-refractivity contribution in [2.75, 3.05) is 5.75 Å². The van der Waals surface area contributed by atoms with Gasteiger partial charge in [0, 0.05) is 32.5 Å². The van der Waals surface area contributed by atoms with Gasteiger partial charge in [-0.2, -0.15) is 5.10 Å². The molecule has 0 bridgehead atoms. The molecule has 0 fully saturated rings. The number of carbonyl (C=O) groups excluding carboxylic acids is 2. The standard InChI is InChI=1S/C26H26Cl2N2O3S.O2/c1-13-11-18(14(2)21-23(13)34-10-9-26(21,4)5)22(31)20-15(3)29-30(6)24(20)33-25(32)17-8-7-16(27)12-19(17)28;1-2/h7-8,11-12H,9-10H2,1-6H3;. The highest BCUT2D eigenvalue weighted by atomic mass is 35.5. The van der Waals surface area contributed by atoms with Crippen LogP contribution in [0.25, 0.3) is 0 Å². The second kappa shape index (κ2) is 10.7. The molecule has 0 aliphatic carbocycles. The van der Waals surface area contributed by atoms with Gasteiger partial charge in [-0.3, -0.25) is 4.79 Å². The molecule has 1 aliphatic heterocycles. The number of halogens is 2. The van der Waals surface area contributed by atoms with Crippen molar-refractivity contribution in [3.63, 3.8) is 0 Å². The molecule has 0 amide bonds. The van der Waals surface area contributed by atoms with Crippen LogP contribution < -0.4 is 4.74 Å². The topological polar surface area (TPSA) is 95.3 Å². The van der Waals surface area contributed by atoms with Crippen molar-refractivity contribution >= 4 is 46.7 Å². The molecule has 10 heteroatoms. The maximum absolute atomic E-state index is 13.9. The van der Waals surface area contributed by atoms with E-state index in [0.29, 0.717) is 16.3 Å². The highest BCUT2D eigenvalue weighted by molar-refractivity contribution is 7.99. The molecule has 36 heavy (non-hydrogen) atoms. The Hall–Kier alpha value is -2.68. The number of aromatic nitrogens is 2. The van der Waals surface area contributed by atoms with E-state index in [2.05, 4.69) is 18.9 Å². The predicted molar refractivity (Wildman–Crippen MR) is 144 cm³/mol. The number of aryl methyl sites for hydroxylation is 3. The number of ether oxygens (including phenoxy) is 1. The van der Waals surface area contributed by atoms with Crippen molar-refractivity contribution < 1.29 is 14.3 Å². The van der Waals surface area contributed by atoms with Crippen molar-refractivity contribution in [1.29, 1.82) is 0 Å². The Morgan fingerprint density at radius 1 is 1.08 bits per heavy atom. The Morgan fingerprint density at radius 2 is 1.75 bits per heavy atom. The van der Waals surface area contributed by atoms with Crippen LogP contribution in [0, 0.1) is 30.7 Å². The lowest BCUT2D eigenvalue weighted by molar-refractivity contribution is 0.0718. The molecule has 1 aliphatic rings. The minimum absolute atomic E-state index is 0.0314. The minimum Gasteiger partial charge on any atom is -0.403 e. The normalized spacial score (nSPS) is 13.9. The predicted octanol–water partition coefficient (Wildman–Crippen LogP) is 6.94. The molecule has 0 atom stereocenters. The van der Waals surface area contributed by atoms with Gasteiger partial charge in [-0.25, -0.2) is 9.48 Å². The van der Waals surface area contributed by atoms with Crippen molar-refractivity contribution in [3.05, 3.63) is 83.3 Å². The zero-order valence-corrected chi connectivity index (χ0v) is 23.2. The van der Waals surface area contributed by atoms with Crippen LogP contribution in [-0.2, 0) is 12.5 Å². The fourth-order valence-corrected chi connectivity index (χ4v) is 6.77. The molecule has 0 unspecified atom stereocenters. The van der Waals surface area contributed by atoms with E-state index < -0.39 is 5.97 Å². The summed E-state index contributed by atoms with van der Waals surface area (Å²) in [6.45, 7) is 10.2. The summed E-state index contributed by atoms with van der Waals surface area (Å²) in [6.07, 6.45) is 1.04. The molecule has 0 saturated heterocycles. The summed E-state index contributed by atoms with van der Waals surface area (Å²) in [5.74, 6) is 0.240. The number of thioether (sulfide) groups is 1. The summed E-state index contributed by atoms with van der Waals surface area (Å²) in [4.78, 5) is 42.1. The maximum Gasteiger partial charge on any atom is 0.346 e. The van der Waals surface area contributed by atoms with Gasteiger partial charge >= 0.3 is 5.97 Å². The summed E-state index contributed by atoms with van der Waals surface area (Å²) < 4.78 is 7.09. The van der Waals surface area contributed by atoms with Gasteiger partial charge in [0.1, 0.15) is 5.56 Å². The van der Waals surface area contributed by atoms with Crippen molar-refractivity contribution in [1.82, 2.24) is 9.78 Å². The van der Waals surface area contributed by atoms with Crippen LogP contribution in [0.3, 0.4) is 0 Å². The quantitative estimate of drug-likeness (QED) is 0.257. The van der Waals surface area contributed by atoms with Gasteiger partial charge in [0.15, 0.2) is 0 Å². The smallest absolute Gasteiger partial charge is 0.346 e. The van der Waals surface area contributed by atoms with Crippen LogP contribution in [0.2, 0.25) is 10.0 Å². The minimum atomic E-state index is -0.686. The van der Waals surface area contributed by atoms with Gasteiger partial charge in [0.05, 0.1) is 16.3 Å². The van der Waals surface area contributed by atoms with Crippen LogP contribution in [0.5, 0.6) is 5.88 Å². The number of rotatable bonds is 4. The molecular weight excluding hydrogens is 523 g/mol. The summed E-state index contributed by atoms with van der Waals surface area (Å²) in [5, 5.41) is 4.95. The number of hydrogen-bond donors (Lipinski definition) is 0. The number of carbonyl (C=O) groups is 2. The van der Waals surface area contributed by atoms with E-state index in [0.717, 1.165) is 23.3 Å². The van der Waals surface area contributed by atoms with Crippen LogP contribution >= 0.6 is 35.0 Å². The SMILES string of the molecule is Cc1cc(C(=O)c2c(C)nn(C)c2OC(=O)c2ccc(Cl)cc2Cl)c(C)c2c1SCCC2(C)C.O=O. The lowest BCUT2D eigenvalue weighted by Gasteiger charge is -2.35. The average Bonchev–Trinajstić information content (AvgIpc) is 3.08. The van der Waals surface area contributed by atoms with E-state index in [-0.39, 0.29) is 33.2 Å². The number of fused-ring (bicyclic) bond motifs is 1. The summed E-state index contributed by atoms with van der Waals surface area (Å²) in [6, 6.07) is 6.47. The molecule has 0 radical (unpaired) electrons. The second-order valence-electron chi connectivity index (χ2n) is 9.28. The Balaban J connectivity index is 0.00000176. The third-order valence-electron chi connectivity index (χ3n) is 6.36. The lowest BCUT2D eigenvalue weighted by Crippen LogP contribution is -2.26. The van der Waals surface area contributed by atoms with Crippen LogP contribution in [-0.4, -0.2) is 27.3 Å². The molecule has 7 nitrogen and oxygen atoms in total. The van der Waals surface area contributed by atoms with Crippen molar-refractivity contribution in [2.45, 2.75) is 51.3 Å². The monoisotopic (exact) mass is 548 g/mol. The van der Waals surface area contributed by atoms with Gasteiger partial charge in [-0.05, 0) is 79.3 Å². The molecule has 0 saturated carbocycles. The molecule has 190 valence electrons. The van der Waals surface area contributed by atoms with Gasteiger partial charge in [-0.15, -0.1) is 11.8 Å². The lowest BCUT2D eigenvalue weighted by atomic mass is 9.76. The first-order valence-electron chi connectivity index (χ1n) is 11.1. The molecule has 0 spiro atoms. The maximum atomic E-state index is 13.9. The summed E-state index contributed by atoms with van der Waals surface area (Å²) in [7, 11) is 1.64. The number of nitrogens with zero attached hydrogens (tertiary/aromatic N) is 2. The number of esters is 1. The fraction of sp³-hybridized carbons (Fsp3) is 0.346. The Kier molecular flexibility index (Phi) is 8.33. The van der Waals surface area contributed by atoms with Crippen molar-refractivity contribution in [2.24, 2.45) is 7.05 Å². The molecule has 4 rings (SSSR count). The van der Waals surface area contributed by atoms with E-state index in [1.54, 1.807) is 20.0 Å². The van der Waals surface area contributed by atoms with Gasteiger partial charge in [-0.1, -0.05) is 37.0 Å². The third kappa shape index (κ3) is 5.08. The number of hydrogen-bond acceptors (Lipinski definition) is 7. The highest BCUT2D eigenvalue weighted by Gasteiger charge is 2.34. The molecular formula is C26H26Cl2N2O5S. The van der Waals surface area contributed by atoms with E-state index in [9.17, 15) is 9.59 Å². The molecule has 1 aromatic heterocycles. The van der Waals surface area contributed by atoms with E-state index in [1.807, 2.05) is 31.7 Å². The highest BCUT2D eigenvalue weighted by Crippen LogP contribution is 2.46. The van der Waals surface area contributed by atoms with E-state index >= 15 is 0 Å². The Bertz CT molecular complexity index is 1370. The Morgan fingerprint density at radius 3 is 2.39 bits per heavy atom. The van der Waals surface area contributed by atoms with Crippen LogP contribution in [0.4, 0.5) is 0 Å². The number of ketones is 1. The van der Waals surface area contributed by atoms with E-state index in [4.69, 9.17) is 37.9 Å². The third-order valence-corrected chi connectivity index (χ3v) is 8.13. The van der Waals surface area contributed by atoms with Gasteiger partial charge in [0.25, 0.3) is 0 Å². The molecule has 2 aromatic carbocycles. The number of benzene rings is 2. The molecule has 3 aromatic rings. The summed E-state index contributed by atoms with van der Waals surface area (Å²) >= 11 is 14.0. The largest absolute Gasteiger partial charge is 0.403 e. The van der Waals surface area contributed by atoms with Gasteiger partial charge in [0.2, 0.25) is 11.7 Å². The zero-order chi connectivity index (χ0) is 26.9. The van der Waals surface area contributed by atoms with Crippen LogP contribution in [0.1, 0.15) is 68.9 Å².